The van der Waals surface area contributed by atoms with Crippen molar-refractivity contribution in [3.63, 3.8) is 0 Å². The van der Waals surface area contributed by atoms with Crippen molar-refractivity contribution in [3.8, 4) is 0 Å². The summed E-state index contributed by atoms with van der Waals surface area (Å²) in [6, 6.07) is 3.39. The molecule has 0 saturated carbocycles. The van der Waals surface area contributed by atoms with E-state index in [-0.39, 0.29) is 12.1 Å². The molecular formula is C11H11N3O4S. The lowest BCUT2D eigenvalue weighted by atomic mass is 10.2. The molecule has 2 rings (SSSR count). The molecule has 0 aliphatic rings. The summed E-state index contributed by atoms with van der Waals surface area (Å²) >= 11 is 1.34. The first-order chi connectivity index (χ1) is 9.09. The summed E-state index contributed by atoms with van der Waals surface area (Å²) in [4.78, 5) is 25.0. The quantitative estimate of drug-likeness (QED) is 0.478. The Labute approximate surface area is 112 Å². The number of aliphatic carboxylic acids is 1. The van der Waals surface area contributed by atoms with Crippen molar-refractivity contribution in [2.45, 2.75) is 12.8 Å². The first kappa shape index (κ1) is 13.2. The number of nitrogens with zero attached hydrogens (tertiary/aromatic N) is 2. The van der Waals surface area contributed by atoms with Gasteiger partial charge in [0.1, 0.15) is 5.69 Å². The highest BCUT2D eigenvalue weighted by Gasteiger charge is 2.20. The third kappa shape index (κ3) is 2.97. The minimum Gasteiger partial charge on any atom is -0.481 e. The molecule has 0 radical (unpaired) electrons. The van der Waals surface area contributed by atoms with Crippen molar-refractivity contribution in [1.82, 2.24) is 4.98 Å². The van der Waals surface area contributed by atoms with Crippen LogP contribution in [0, 0.1) is 10.1 Å². The molecule has 1 heterocycles. The van der Waals surface area contributed by atoms with Crippen molar-refractivity contribution in [3.05, 3.63) is 27.8 Å². The van der Waals surface area contributed by atoms with Crippen LogP contribution in [0.3, 0.4) is 0 Å². The third-order valence-corrected chi connectivity index (χ3v) is 3.34. The predicted octanol–water partition coefficient (Wildman–Crippen LogP) is 2.48. The van der Waals surface area contributed by atoms with Gasteiger partial charge in [0.2, 0.25) is 0 Å². The fourth-order valence-electron chi connectivity index (χ4n) is 1.71. The van der Waals surface area contributed by atoms with Crippen LogP contribution in [0.4, 0.5) is 11.4 Å². The van der Waals surface area contributed by atoms with Gasteiger partial charge in [-0.25, -0.2) is 4.98 Å². The maximum Gasteiger partial charge on any atom is 0.319 e. The molecule has 2 aromatic rings. The van der Waals surface area contributed by atoms with E-state index in [1.165, 1.54) is 11.3 Å². The number of nitro groups is 1. The Morgan fingerprint density at radius 1 is 1.53 bits per heavy atom. The van der Waals surface area contributed by atoms with Gasteiger partial charge in [-0.3, -0.25) is 14.9 Å². The van der Waals surface area contributed by atoms with Crippen LogP contribution < -0.4 is 5.32 Å². The Kier molecular flexibility index (Phi) is 3.91. The fraction of sp³-hybridized carbons (Fsp3) is 0.273. The Hall–Kier alpha value is -2.22. The van der Waals surface area contributed by atoms with Crippen LogP contribution in [-0.2, 0) is 4.79 Å². The molecule has 0 aliphatic heterocycles. The van der Waals surface area contributed by atoms with Gasteiger partial charge < -0.3 is 10.4 Å². The van der Waals surface area contributed by atoms with Gasteiger partial charge in [-0.05, 0) is 18.6 Å². The zero-order chi connectivity index (χ0) is 13.8. The monoisotopic (exact) mass is 281 g/mol. The Bertz CT molecular complexity index is 625. The van der Waals surface area contributed by atoms with Crippen molar-refractivity contribution in [2.24, 2.45) is 0 Å². The number of rotatable bonds is 6. The highest BCUT2D eigenvalue weighted by atomic mass is 32.1. The van der Waals surface area contributed by atoms with Crippen LogP contribution in [0.15, 0.2) is 17.6 Å². The number of carboxylic acids is 1. The number of aromatic nitrogens is 1. The highest BCUT2D eigenvalue weighted by molar-refractivity contribution is 7.16. The number of anilines is 1. The average Bonchev–Trinajstić information content (AvgIpc) is 2.81. The van der Waals surface area contributed by atoms with Crippen LogP contribution in [0.25, 0.3) is 10.2 Å². The molecule has 1 aromatic carbocycles. The lowest BCUT2D eigenvalue weighted by molar-refractivity contribution is -0.382. The van der Waals surface area contributed by atoms with Crippen LogP contribution in [0.5, 0.6) is 0 Å². The number of benzene rings is 1. The molecule has 0 atom stereocenters. The number of fused-ring (bicyclic) bond motifs is 1. The van der Waals surface area contributed by atoms with Crippen LogP contribution in [-0.4, -0.2) is 27.5 Å². The number of hydrogen-bond acceptors (Lipinski definition) is 6. The lowest BCUT2D eigenvalue weighted by Gasteiger charge is -2.06. The largest absolute Gasteiger partial charge is 0.481 e. The second-order valence-electron chi connectivity index (χ2n) is 3.84. The first-order valence-corrected chi connectivity index (χ1v) is 6.44. The van der Waals surface area contributed by atoms with Crippen molar-refractivity contribution in [1.29, 1.82) is 0 Å². The minimum absolute atomic E-state index is 0.0275. The lowest BCUT2D eigenvalue weighted by Crippen LogP contribution is -2.06. The van der Waals surface area contributed by atoms with E-state index in [0.717, 1.165) is 4.70 Å². The van der Waals surface area contributed by atoms with E-state index in [1.54, 1.807) is 17.6 Å². The molecule has 100 valence electrons. The number of hydrogen-bond donors (Lipinski definition) is 2. The van der Waals surface area contributed by atoms with E-state index >= 15 is 0 Å². The van der Waals surface area contributed by atoms with Gasteiger partial charge >= 0.3 is 11.7 Å². The predicted molar refractivity (Wildman–Crippen MR) is 71.6 cm³/mol. The molecule has 2 N–H and O–H groups in total. The highest BCUT2D eigenvalue weighted by Crippen LogP contribution is 2.34. The average molecular weight is 281 g/mol. The van der Waals surface area contributed by atoms with Crippen molar-refractivity contribution >= 4 is 38.9 Å². The molecule has 19 heavy (non-hydrogen) atoms. The minimum atomic E-state index is -0.883. The molecule has 0 fully saturated rings. The number of nitrogens with one attached hydrogen (secondary N) is 1. The molecule has 0 unspecified atom stereocenters. The summed E-state index contributed by atoms with van der Waals surface area (Å²) in [5, 5.41) is 22.5. The van der Waals surface area contributed by atoms with Gasteiger partial charge in [0.15, 0.2) is 5.52 Å². The molecule has 0 aliphatic carbocycles. The first-order valence-electron chi connectivity index (χ1n) is 5.56. The van der Waals surface area contributed by atoms with Crippen molar-refractivity contribution in [2.75, 3.05) is 11.9 Å². The standard InChI is InChI=1S/C11H11N3O4S/c15-9(16)2-1-5-12-7-3-4-8-10(13-6-19-8)11(7)14(17)18/h3-4,6,12H,1-2,5H2,(H,15,16). The second-order valence-corrected chi connectivity index (χ2v) is 4.73. The van der Waals surface area contributed by atoms with Gasteiger partial charge in [0.05, 0.1) is 15.1 Å². The van der Waals surface area contributed by atoms with Crippen molar-refractivity contribution < 1.29 is 14.8 Å². The van der Waals surface area contributed by atoms with E-state index in [2.05, 4.69) is 10.3 Å². The summed E-state index contributed by atoms with van der Waals surface area (Å²) in [6.45, 7) is 0.364. The molecule has 0 saturated heterocycles. The third-order valence-electron chi connectivity index (χ3n) is 2.54. The zero-order valence-corrected chi connectivity index (χ0v) is 10.6. The maximum absolute atomic E-state index is 11.1. The van der Waals surface area contributed by atoms with E-state index in [1.807, 2.05) is 0 Å². The smallest absolute Gasteiger partial charge is 0.319 e. The molecule has 8 heteroatoms. The number of carboxylic acid groups (broad SMARTS) is 1. The molecule has 0 amide bonds. The number of nitro benzene ring substituents is 1. The van der Waals surface area contributed by atoms with Gasteiger partial charge in [-0.15, -0.1) is 11.3 Å². The summed E-state index contributed by atoms with van der Waals surface area (Å²) in [5.74, 6) is -0.883. The molecule has 0 bridgehead atoms. The molecular weight excluding hydrogens is 270 g/mol. The fourth-order valence-corrected chi connectivity index (χ4v) is 2.39. The SMILES string of the molecule is O=C(O)CCCNc1ccc2scnc2c1[N+](=O)[O-]. The molecule has 0 spiro atoms. The molecule has 7 nitrogen and oxygen atoms in total. The van der Waals surface area contributed by atoms with Crippen LogP contribution in [0.2, 0.25) is 0 Å². The summed E-state index contributed by atoms with van der Waals surface area (Å²) in [7, 11) is 0. The normalized spacial score (nSPS) is 10.5. The topological polar surface area (TPSA) is 105 Å². The Morgan fingerprint density at radius 2 is 2.32 bits per heavy atom. The van der Waals surface area contributed by atoms with Gasteiger partial charge in [-0.1, -0.05) is 0 Å². The van der Waals surface area contributed by atoms with E-state index in [0.29, 0.717) is 24.2 Å². The Balaban J connectivity index is 2.19. The summed E-state index contributed by atoms with van der Waals surface area (Å²) in [6.07, 6.45) is 0.432. The van der Waals surface area contributed by atoms with E-state index in [4.69, 9.17) is 5.11 Å². The van der Waals surface area contributed by atoms with E-state index < -0.39 is 10.9 Å². The van der Waals surface area contributed by atoms with E-state index in [9.17, 15) is 14.9 Å². The number of thiazole rings is 1. The van der Waals surface area contributed by atoms with Crippen LogP contribution in [0.1, 0.15) is 12.8 Å². The number of carbonyl (C=O) groups is 1. The maximum atomic E-state index is 11.1. The Morgan fingerprint density at radius 3 is 3.00 bits per heavy atom. The second kappa shape index (κ2) is 5.61. The van der Waals surface area contributed by atoms with Gasteiger partial charge in [0, 0.05) is 13.0 Å². The van der Waals surface area contributed by atoms with Gasteiger partial charge in [-0.2, -0.15) is 0 Å². The summed E-state index contributed by atoms with van der Waals surface area (Å²) in [5.41, 5.74) is 2.23. The molecule has 1 aromatic heterocycles. The van der Waals surface area contributed by atoms with Gasteiger partial charge in [0.25, 0.3) is 0 Å². The zero-order valence-electron chi connectivity index (χ0n) is 9.83. The van der Waals surface area contributed by atoms with Crippen LogP contribution >= 0.6 is 11.3 Å². The summed E-state index contributed by atoms with van der Waals surface area (Å²) < 4.78 is 0.753.